The summed E-state index contributed by atoms with van der Waals surface area (Å²) < 4.78 is 5.48. The molecule has 0 amide bonds. The first-order valence-electron chi connectivity index (χ1n) is 4.34. The van der Waals surface area contributed by atoms with Crippen LogP contribution in [0.4, 0.5) is 0 Å². The lowest BCUT2D eigenvalue weighted by Gasteiger charge is -2.11. The SMILES string of the molecule is CCC(C)Oc1ccc(C=O)nc1. The van der Waals surface area contributed by atoms with Gasteiger partial charge < -0.3 is 4.74 Å². The minimum Gasteiger partial charge on any atom is -0.489 e. The van der Waals surface area contributed by atoms with Crippen molar-refractivity contribution < 1.29 is 9.53 Å². The fourth-order valence-corrected chi connectivity index (χ4v) is 0.847. The molecule has 1 heterocycles. The number of carbonyl (C=O) groups excluding carboxylic acids is 1. The monoisotopic (exact) mass is 179 g/mol. The first kappa shape index (κ1) is 9.71. The fourth-order valence-electron chi connectivity index (χ4n) is 0.847. The molecule has 1 aromatic heterocycles. The highest BCUT2D eigenvalue weighted by atomic mass is 16.5. The Hall–Kier alpha value is -1.38. The molecule has 0 spiro atoms. The summed E-state index contributed by atoms with van der Waals surface area (Å²) in [5.74, 6) is 0.708. The zero-order valence-corrected chi connectivity index (χ0v) is 7.86. The van der Waals surface area contributed by atoms with Gasteiger partial charge in [-0.3, -0.25) is 4.79 Å². The maximum Gasteiger partial charge on any atom is 0.168 e. The van der Waals surface area contributed by atoms with E-state index in [0.29, 0.717) is 17.7 Å². The summed E-state index contributed by atoms with van der Waals surface area (Å²) in [6.45, 7) is 4.05. The van der Waals surface area contributed by atoms with Crippen LogP contribution in [-0.4, -0.2) is 17.4 Å². The number of hydrogen-bond donors (Lipinski definition) is 0. The van der Waals surface area contributed by atoms with E-state index in [-0.39, 0.29) is 6.10 Å². The number of aromatic nitrogens is 1. The van der Waals surface area contributed by atoms with Crippen molar-refractivity contribution in [3.8, 4) is 5.75 Å². The lowest BCUT2D eigenvalue weighted by atomic mass is 10.3. The molecular weight excluding hydrogens is 166 g/mol. The topological polar surface area (TPSA) is 39.2 Å². The Balaban J connectivity index is 2.63. The lowest BCUT2D eigenvalue weighted by Crippen LogP contribution is -2.09. The van der Waals surface area contributed by atoms with Crippen molar-refractivity contribution in [2.45, 2.75) is 26.4 Å². The molecule has 1 rings (SSSR count). The van der Waals surface area contributed by atoms with Gasteiger partial charge in [0.15, 0.2) is 6.29 Å². The van der Waals surface area contributed by atoms with E-state index < -0.39 is 0 Å². The number of ether oxygens (including phenoxy) is 1. The third-order valence-electron chi connectivity index (χ3n) is 1.79. The molecule has 0 saturated carbocycles. The van der Waals surface area contributed by atoms with Gasteiger partial charge in [-0.1, -0.05) is 6.92 Å². The molecule has 0 aromatic carbocycles. The third-order valence-corrected chi connectivity index (χ3v) is 1.79. The van der Waals surface area contributed by atoms with Crippen LogP contribution in [-0.2, 0) is 0 Å². The van der Waals surface area contributed by atoms with Crippen molar-refractivity contribution in [1.29, 1.82) is 0 Å². The third kappa shape index (κ3) is 2.86. The van der Waals surface area contributed by atoms with Gasteiger partial charge in [0.25, 0.3) is 0 Å². The molecule has 0 saturated heterocycles. The number of pyridine rings is 1. The van der Waals surface area contributed by atoms with Crippen LogP contribution in [0.25, 0.3) is 0 Å². The van der Waals surface area contributed by atoms with Gasteiger partial charge in [-0.2, -0.15) is 0 Å². The molecule has 13 heavy (non-hydrogen) atoms. The highest BCUT2D eigenvalue weighted by Crippen LogP contribution is 2.11. The summed E-state index contributed by atoms with van der Waals surface area (Å²) in [6, 6.07) is 3.40. The average Bonchev–Trinajstić information content (AvgIpc) is 2.19. The maximum atomic E-state index is 10.3. The van der Waals surface area contributed by atoms with Crippen molar-refractivity contribution in [2.75, 3.05) is 0 Å². The second-order valence-corrected chi connectivity index (χ2v) is 2.87. The van der Waals surface area contributed by atoms with Crippen LogP contribution in [0.5, 0.6) is 5.75 Å². The zero-order chi connectivity index (χ0) is 9.68. The average molecular weight is 179 g/mol. The molecule has 0 N–H and O–H groups in total. The van der Waals surface area contributed by atoms with Gasteiger partial charge in [0.1, 0.15) is 11.4 Å². The lowest BCUT2D eigenvalue weighted by molar-refractivity contribution is 0.111. The van der Waals surface area contributed by atoms with E-state index in [1.54, 1.807) is 18.3 Å². The molecule has 0 radical (unpaired) electrons. The van der Waals surface area contributed by atoms with Crippen LogP contribution in [0, 0.1) is 0 Å². The summed E-state index contributed by atoms with van der Waals surface area (Å²) in [5.41, 5.74) is 0.427. The molecule has 0 fully saturated rings. The Labute approximate surface area is 77.8 Å². The normalized spacial score (nSPS) is 12.2. The van der Waals surface area contributed by atoms with Crippen LogP contribution in [0.15, 0.2) is 18.3 Å². The maximum absolute atomic E-state index is 10.3. The molecule has 1 unspecified atom stereocenters. The van der Waals surface area contributed by atoms with Crippen molar-refractivity contribution >= 4 is 6.29 Å². The standard InChI is InChI=1S/C10H13NO2/c1-3-8(2)13-10-5-4-9(7-12)11-6-10/h4-8H,3H2,1-2H3. The van der Waals surface area contributed by atoms with E-state index in [2.05, 4.69) is 11.9 Å². The molecule has 0 aliphatic rings. The van der Waals surface area contributed by atoms with Crippen molar-refractivity contribution in [2.24, 2.45) is 0 Å². The van der Waals surface area contributed by atoms with E-state index in [9.17, 15) is 4.79 Å². The summed E-state index contributed by atoms with van der Waals surface area (Å²) in [4.78, 5) is 14.2. The molecule has 1 atom stereocenters. The first-order chi connectivity index (χ1) is 6.26. The van der Waals surface area contributed by atoms with E-state index >= 15 is 0 Å². The quantitative estimate of drug-likeness (QED) is 0.664. The number of rotatable bonds is 4. The number of carbonyl (C=O) groups is 1. The van der Waals surface area contributed by atoms with Crippen molar-refractivity contribution in [3.05, 3.63) is 24.0 Å². The summed E-state index contributed by atoms with van der Waals surface area (Å²) in [5, 5.41) is 0. The molecule has 3 heteroatoms. The Morgan fingerprint density at radius 3 is 2.85 bits per heavy atom. The first-order valence-corrected chi connectivity index (χ1v) is 4.34. The predicted octanol–water partition coefficient (Wildman–Crippen LogP) is 2.07. The minimum atomic E-state index is 0.184. The van der Waals surface area contributed by atoms with Crippen LogP contribution in [0.3, 0.4) is 0 Å². The van der Waals surface area contributed by atoms with Gasteiger partial charge in [-0.25, -0.2) is 4.98 Å². The highest BCUT2D eigenvalue weighted by molar-refractivity contribution is 5.71. The smallest absolute Gasteiger partial charge is 0.168 e. The largest absolute Gasteiger partial charge is 0.489 e. The van der Waals surface area contributed by atoms with E-state index in [0.717, 1.165) is 6.42 Å². The van der Waals surface area contributed by atoms with Crippen LogP contribution < -0.4 is 4.74 Å². The predicted molar refractivity (Wildman–Crippen MR) is 50.0 cm³/mol. The highest BCUT2D eigenvalue weighted by Gasteiger charge is 2.00. The van der Waals surface area contributed by atoms with Gasteiger partial charge in [0.05, 0.1) is 12.3 Å². The number of hydrogen-bond acceptors (Lipinski definition) is 3. The van der Waals surface area contributed by atoms with Crippen LogP contribution >= 0.6 is 0 Å². The minimum absolute atomic E-state index is 0.184. The van der Waals surface area contributed by atoms with E-state index in [1.165, 1.54) is 0 Å². The Morgan fingerprint density at radius 1 is 1.62 bits per heavy atom. The van der Waals surface area contributed by atoms with Gasteiger partial charge in [0, 0.05) is 0 Å². The molecule has 0 aliphatic carbocycles. The Morgan fingerprint density at radius 2 is 2.38 bits per heavy atom. The molecule has 3 nitrogen and oxygen atoms in total. The Kier molecular flexibility index (Phi) is 3.43. The van der Waals surface area contributed by atoms with Crippen LogP contribution in [0.2, 0.25) is 0 Å². The second kappa shape index (κ2) is 4.60. The van der Waals surface area contributed by atoms with Gasteiger partial charge in [0.2, 0.25) is 0 Å². The zero-order valence-electron chi connectivity index (χ0n) is 7.86. The number of aldehydes is 1. The van der Waals surface area contributed by atoms with Crippen molar-refractivity contribution in [1.82, 2.24) is 4.98 Å². The van der Waals surface area contributed by atoms with Gasteiger partial charge >= 0.3 is 0 Å². The van der Waals surface area contributed by atoms with E-state index in [4.69, 9.17) is 4.74 Å². The molecule has 0 bridgehead atoms. The van der Waals surface area contributed by atoms with Gasteiger partial charge in [-0.05, 0) is 25.5 Å². The Bertz CT molecular complexity index is 269. The number of nitrogens with zero attached hydrogens (tertiary/aromatic N) is 1. The molecule has 0 aliphatic heterocycles. The molecular formula is C10H13NO2. The van der Waals surface area contributed by atoms with Crippen LogP contribution in [0.1, 0.15) is 30.8 Å². The second-order valence-electron chi connectivity index (χ2n) is 2.87. The molecule has 1 aromatic rings. The van der Waals surface area contributed by atoms with E-state index in [1.807, 2.05) is 6.92 Å². The summed E-state index contributed by atoms with van der Waals surface area (Å²) >= 11 is 0. The fraction of sp³-hybridized carbons (Fsp3) is 0.400. The molecule has 70 valence electrons. The summed E-state index contributed by atoms with van der Waals surface area (Å²) in [7, 11) is 0. The summed E-state index contributed by atoms with van der Waals surface area (Å²) in [6.07, 6.45) is 3.42. The van der Waals surface area contributed by atoms with Crippen molar-refractivity contribution in [3.63, 3.8) is 0 Å². The van der Waals surface area contributed by atoms with Gasteiger partial charge in [-0.15, -0.1) is 0 Å².